The summed E-state index contributed by atoms with van der Waals surface area (Å²) < 4.78 is 37.7. The van der Waals surface area contributed by atoms with Crippen LogP contribution in [-0.2, 0) is 10.0 Å². The van der Waals surface area contributed by atoms with Crippen LogP contribution in [0.1, 0.15) is 16.8 Å². The maximum Gasteiger partial charge on any atom is 0.251 e. The zero-order chi connectivity index (χ0) is 17.5. The predicted octanol–water partition coefficient (Wildman–Crippen LogP) is 0.769. The third-order valence-corrected chi connectivity index (χ3v) is 4.54. The molecular formula is C15H24FN3O3S. The van der Waals surface area contributed by atoms with Crippen LogP contribution < -0.4 is 5.32 Å². The van der Waals surface area contributed by atoms with Crippen LogP contribution in [0.4, 0.5) is 4.39 Å². The molecule has 8 heteroatoms. The normalized spacial score (nSPS) is 11.9. The number of rotatable bonds is 9. The van der Waals surface area contributed by atoms with Gasteiger partial charge in [0, 0.05) is 25.2 Å². The maximum atomic E-state index is 12.8. The van der Waals surface area contributed by atoms with Gasteiger partial charge in [0.25, 0.3) is 5.91 Å². The molecule has 0 heterocycles. The molecule has 0 saturated carbocycles. The Balaban J connectivity index is 2.48. The van der Waals surface area contributed by atoms with Crippen molar-refractivity contribution in [1.29, 1.82) is 0 Å². The third-order valence-electron chi connectivity index (χ3n) is 3.24. The van der Waals surface area contributed by atoms with E-state index in [1.165, 1.54) is 28.6 Å². The van der Waals surface area contributed by atoms with Crippen LogP contribution in [0.5, 0.6) is 0 Å². The Morgan fingerprint density at radius 1 is 1.13 bits per heavy atom. The summed E-state index contributed by atoms with van der Waals surface area (Å²) in [5.74, 6) is -0.766. The van der Waals surface area contributed by atoms with Gasteiger partial charge in [-0.25, -0.2) is 17.1 Å². The van der Waals surface area contributed by atoms with Crippen molar-refractivity contribution in [1.82, 2.24) is 14.5 Å². The van der Waals surface area contributed by atoms with Crippen LogP contribution in [0.3, 0.4) is 0 Å². The summed E-state index contributed by atoms with van der Waals surface area (Å²) in [6.07, 6.45) is 1.87. The first-order valence-electron chi connectivity index (χ1n) is 7.34. The summed E-state index contributed by atoms with van der Waals surface area (Å²) >= 11 is 0. The average Bonchev–Trinajstić information content (AvgIpc) is 2.44. The first kappa shape index (κ1) is 19.5. The molecule has 0 bridgehead atoms. The highest BCUT2D eigenvalue weighted by Gasteiger charge is 2.16. The standard InChI is InChI=1S/C15H24FN3O3S/c1-18(2)10-4-11-19(23(3,21)22)12-9-17-15(20)13-5-7-14(16)8-6-13/h5-8H,4,9-12H2,1-3H3,(H,17,20). The number of hydrogen-bond donors (Lipinski definition) is 1. The summed E-state index contributed by atoms with van der Waals surface area (Å²) in [7, 11) is 0.531. The molecule has 1 amide bonds. The highest BCUT2D eigenvalue weighted by Crippen LogP contribution is 2.03. The van der Waals surface area contributed by atoms with Crippen molar-refractivity contribution in [3.63, 3.8) is 0 Å². The maximum absolute atomic E-state index is 12.8. The second kappa shape index (κ2) is 8.95. The van der Waals surface area contributed by atoms with E-state index in [0.29, 0.717) is 18.5 Å². The van der Waals surface area contributed by atoms with Gasteiger partial charge in [-0.3, -0.25) is 4.79 Å². The zero-order valence-corrected chi connectivity index (χ0v) is 14.6. The smallest absolute Gasteiger partial charge is 0.251 e. The minimum atomic E-state index is -3.32. The zero-order valence-electron chi connectivity index (χ0n) is 13.8. The second-order valence-corrected chi connectivity index (χ2v) is 7.56. The third kappa shape index (κ3) is 7.54. The van der Waals surface area contributed by atoms with E-state index in [9.17, 15) is 17.6 Å². The number of hydrogen-bond acceptors (Lipinski definition) is 4. The number of sulfonamides is 1. The Hall–Kier alpha value is -1.51. The number of amides is 1. The molecule has 0 aliphatic carbocycles. The number of nitrogens with zero attached hydrogens (tertiary/aromatic N) is 2. The Morgan fingerprint density at radius 3 is 2.26 bits per heavy atom. The average molecular weight is 345 g/mol. The molecule has 130 valence electrons. The lowest BCUT2D eigenvalue weighted by Crippen LogP contribution is -2.39. The monoisotopic (exact) mass is 345 g/mol. The number of carbonyl (C=O) groups is 1. The van der Waals surface area contributed by atoms with E-state index in [1.807, 2.05) is 19.0 Å². The van der Waals surface area contributed by atoms with Crippen molar-refractivity contribution in [2.24, 2.45) is 0 Å². The fraction of sp³-hybridized carbons (Fsp3) is 0.533. The molecule has 0 saturated heterocycles. The van der Waals surface area contributed by atoms with Gasteiger partial charge in [-0.2, -0.15) is 0 Å². The molecule has 23 heavy (non-hydrogen) atoms. The Bertz CT molecular complexity index is 603. The van der Waals surface area contributed by atoms with Crippen molar-refractivity contribution in [3.8, 4) is 0 Å². The molecule has 1 aromatic carbocycles. The van der Waals surface area contributed by atoms with Gasteiger partial charge >= 0.3 is 0 Å². The first-order chi connectivity index (χ1) is 10.7. The SMILES string of the molecule is CN(C)CCCN(CCNC(=O)c1ccc(F)cc1)S(C)(=O)=O. The van der Waals surface area contributed by atoms with Crippen molar-refractivity contribution in [2.75, 3.05) is 46.5 Å². The van der Waals surface area contributed by atoms with Gasteiger partial charge in [-0.1, -0.05) is 0 Å². The highest BCUT2D eigenvalue weighted by atomic mass is 32.2. The van der Waals surface area contributed by atoms with Crippen molar-refractivity contribution >= 4 is 15.9 Å². The number of carbonyl (C=O) groups excluding carboxylic acids is 1. The molecule has 1 N–H and O–H groups in total. The topological polar surface area (TPSA) is 69.7 Å². The van der Waals surface area contributed by atoms with E-state index in [1.54, 1.807) is 0 Å². The summed E-state index contributed by atoms with van der Waals surface area (Å²) in [5.41, 5.74) is 0.338. The van der Waals surface area contributed by atoms with E-state index in [4.69, 9.17) is 0 Å². The van der Waals surface area contributed by atoms with Crippen molar-refractivity contribution < 1.29 is 17.6 Å². The van der Waals surface area contributed by atoms with Crippen LogP contribution in [-0.4, -0.2) is 70.1 Å². The van der Waals surface area contributed by atoms with E-state index in [0.717, 1.165) is 12.8 Å². The molecule has 1 aromatic rings. The van der Waals surface area contributed by atoms with Crippen LogP contribution in [0, 0.1) is 5.82 Å². The molecule has 0 aliphatic rings. The molecule has 0 unspecified atom stereocenters. The molecule has 0 aromatic heterocycles. The van der Waals surface area contributed by atoms with Crippen LogP contribution in [0.25, 0.3) is 0 Å². The van der Waals surface area contributed by atoms with Gasteiger partial charge in [0.15, 0.2) is 0 Å². The molecule has 6 nitrogen and oxygen atoms in total. The minimum absolute atomic E-state index is 0.200. The van der Waals surface area contributed by atoms with E-state index in [-0.39, 0.29) is 19.0 Å². The lowest BCUT2D eigenvalue weighted by atomic mass is 10.2. The Morgan fingerprint density at radius 2 is 1.74 bits per heavy atom. The summed E-state index contributed by atoms with van der Waals surface area (Å²) in [6.45, 7) is 1.60. The summed E-state index contributed by atoms with van der Waals surface area (Å²) in [4.78, 5) is 13.9. The summed E-state index contributed by atoms with van der Waals surface area (Å²) in [6, 6.07) is 5.18. The second-order valence-electron chi connectivity index (χ2n) is 5.58. The molecule has 0 fully saturated rings. The highest BCUT2D eigenvalue weighted by molar-refractivity contribution is 7.88. The molecule has 0 spiro atoms. The van der Waals surface area contributed by atoms with Crippen molar-refractivity contribution in [3.05, 3.63) is 35.6 Å². The van der Waals surface area contributed by atoms with Gasteiger partial charge in [0.05, 0.1) is 6.26 Å². The van der Waals surface area contributed by atoms with Gasteiger partial charge in [-0.05, 0) is 51.3 Å². The molecule has 0 aliphatic heterocycles. The van der Waals surface area contributed by atoms with Crippen LogP contribution >= 0.6 is 0 Å². The molecular weight excluding hydrogens is 321 g/mol. The fourth-order valence-electron chi connectivity index (χ4n) is 2.00. The molecule has 0 radical (unpaired) electrons. The van der Waals surface area contributed by atoms with Crippen molar-refractivity contribution in [2.45, 2.75) is 6.42 Å². The first-order valence-corrected chi connectivity index (χ1v) is 9.18. The Labute approximate surface area is 137 Å². The van der Waals surface area contributed by atoms with Gasteiger partial charge in [0.1, 0.15) is 5.82 Å². The molecule has 1 rings (SSSR count). The predicted molar refractivity (Wildman–Crippen MR) is 88.3 cm³/mol. The molecule has 0 atom stereocenters. The largest absolute Gasteiger partial charge is 0.351 e. The minimum Gasteiger partial charge on any atom is -0.351 e. The lowest BCUT2D eigenvalue weighted by Gasteiger charge is -2.21. The van der Waals surface area contributed by atoms with Crippen LogP contribution in [0.15, 0.2) is 24.3 Å². The number of halogens is 1. The summed E-state index contributed by atoms with van der Waals surface area (Å²) in [5, 5.41) is 2.64. The van der Waals surface area contributed by atoms with Gasteiger partial charge < -0.3 is 10.2 Å². The van der Waals surface area contributed by atoms with Gasteiger partial charge in [-0.15, -0.1) is 0 Å². The lowest BCUT2D eigenvalue weighted by molar-refractivity contribution is 0.0951. The van der Waals surface area contributed by atoms with Gasteiger partial charge in [0.2, 0.25) is 10.0 Å². The van der Waals surface area contributed by atoms with Crippen LogP contribution in [0.2, 0.25) is 0 Å². The van der Waals surface area contributed by atoms with E-state index in [2.05, 4.69) is 5.32 Å². The Kier molecular flexibility index (Phi) is 7.60. The number of benzene rings is 1. The quantitative estimate of drug-likeness (QED) is 0.718. The number of nitrogens with one attached hydrogen (secondary N) is 1. The fourth-order valence-corrected chi connectivity index (χ4v) is 2.89. The van der Waals surface area contributed by atoms with E-state index < -0.39 is 15.8 Å². The van der Waals surface area contributed by atoms with E-state index >= 15 is 0 Å².